The molecule has 3 heteroatoms. The van der Waals surface area contributed by atoms with Crippen LogP contribution in [-0.4, -0.2) is 23.3 Å². The van der Waals surface area contributed by atoms with Crippen molar-refractivity contribution >= 4 is 37.4 Å². The second-order valence-corrected chi connectivity index (χ2v) is 6.28. The van der Waals surface area contributed by atoms with E-state index in [4.69, 9.17) is 0 Å². The summed E-state index contributed by atoms with van der Waals surface area (Å²) in [6.45, 7) is 5.67. The molecular formula is C15H20BrNS. The highest BCUT2D eigenvalue weighted by atomic mass is 79.9. The molecule has 0 fully saturated rings. The molecule has 0 bridgehead atoms. The molecule has 0 amide bonds. The zero-order chi connectivity index (χ0) is 12.8. The van der Waals surface area contributed by atoms with E-state index >= 15 is 0 Å². The molecule has 0 spiro atoms. The normalized spacial score (nSPS) is 11.5. The van der Waals surface area contributed by atoms with Crippen LogP contribution in [0.4, 0.5) is 0 Å². The maximum Gasteiger partial charge on any atom is 0.0346 e. The van der Waals surface area contributed by atoms with Crippen molar-refractivity contribution in [3.63, 3.8) is 0 Å². The highest BCUT2D eigenvalue weighted by molar-refractivity contribution is 9.09. The minimum absolute atomic E-state index is 1.05. The quantitative estimate of drug-likeness (QED) is 0.654. The molecule has 2 aromatic rings. The van der Waals surface area contributed by atoms with Crippen LogP contribution in [0.2, 0.25) is 0 Å². The molecule has 1 heterocycles. The lowest BCUT2D eigenvalue weighted by Crippen LogP contribution is -2.26. The van der Waals surface area contributed by atoms with E-state index in [2.05, 4.69) is 57.4 Å². The van der Waals surface area contributed by atoms with Gasteiger partial charge in [-0.25, -0.2) is 0 Å². The zero-order valence-corrected chi connectivity index (χ0v) is 13.3. The van der Waals surface area contributed by atoms with Crippen molar-refractivity contribution in [3.8, 4) is 0 Å². The van der Waals surface area contributed by atoms with E-state index in [1.807, 2.05) is 11.3 Å². The molecule has 1 aromatic heterocycles. The maximum atomic E-state index is 3.56. The van der Waals surface area contributed by atoms with Gasteiger partial charge in [0.05, 0.1) is 0 Å². The summed E-state index contributed by atoms with van der Waals surface area (Å²) >= 11 is 5.42. The minimum atomic E-state index is 1.05. The van der Waals surface area contributed by atoms with Gasteiger partial charge in [0, 0.05) is 23.1 Å². The lowest BCUT2D eigenvalue weighted by Gasteiger charge is -2.20. The molecular weight excluding hydrogens is 306 g/mol. The van der Waals surface area contributed by atoms with Crippen molar-refractivity contribution < 1.29 is 0 Å². The van der Waals surface area contributed by atoms with Gasteiger partial charge in [-0.2, -0.15) is 0 Å². The highest BCUT2D eigenvalue weighted by Crippen LogP contribution is 2.26. The second-order valence-electron chi connectivity index (χ2n) is 4.58. The molecule has 0 radical (unpaired) electrons. The lowest BCUT2D eigenvalue weighted by atomic mass is 10.1. The fourth-order valence-electron chi connectivity index (χ4n) is 2.17. The van der Waals surface area contributed by atoms with Crippen molar-refractivity contribution in [3.05, 3.63) is 35.2 Å². The van der Waals surface area contributed by atoms with E-state index in [9.17, 15) is 0 Å². The third kappa shape index (κ3) is 3.56. The van der Waals surface area contributed by atoms with E-state index in [-0.39, 0.29) is 0 Å². The number of hydrogen-bond acceptors (Lipinski definition) is 2. The lowest BCUT2D eigenvalue weighted by molar-refractivity contribution is 0.279. The van der Waals surface area contributed by atoms with Crippen LogP contribution in [0.3, 0.4) is 0 Å². The third-order valence-corrected chi connectivity index (χ3v) is 4.55. The topological polar surface area (TPSA) is 3.24 Å². The number of rotatable bonds is 7. The number of hydrogen-bond donors (Lipinski definition) is 0. The Balaban J connectivity index is 2.10. The molecule has 0 atom stereocenters. The first-order valence-corrected chi connectivity index (χ1v) is 8.58. The van der Waals surface area contributed by atoms with E-state index in [0.29, 0.717) is 0 Å². The molecule has 0 N–H and O–H groups in total. The van der Waals surface area contributed by atoms with Crippen LogP contribution in [0.15, 0.2) is 29.6 Å². The van der Waals surface area contributed by atoms with Crippen molar-refractivity contribution in [2.45, 2.75) is 26.3 Å². The van der Waals surface area contributed by atoms with Gasteiger partial charge in [0.1, 0.15) is 0 Å². The van der Waals surface area contributed by atoms with Crippen LogP contribution in [-0.2, 0) is 6.54 Å². The minimum Gasteiger partial charge on any atom is -0.298 e. The molecule has 2 rings (SSSR count). The van der Waals surface area contributed by atoms with Gasteiger partial charge in [-0.3, -0.25) is 4.90 Å². The van der Waals surface area contributed by atoms with Crippen LogP contribution < -0.4 is 0 Å². The number of benzene rings is 1. The van der Waals surface area contributed by atoms with Crippen LogP contribution in [0, 0.1) is 0 Å². The summed E-state index contributed by atoms with van der Waals surface area (Å²) in [5, 5.41) is 4.80. The Morgan fingerprint density at radius 2 is 2.06 bits per heavy atom. The van der Waals surface area contributed by atoms with Gasteiger partial charge in [-0.15, -0.1) is 11.3 Å². The summed E-state index contributed by atoms with van der Waals surface area (Å²) in [6, 6.07) is 8.72. The van der Waals surface area contributed by atoms with Crippen LogP contribution in [0.25, 0.3) is 10.1 Å². The second kappa shape index (κ2) is 7.27. The summed E-state index contributed by atoms with van der Waals surface area (Å²) in [7, 11) is 0. The highest BCUT2D eigenvalue weighted by Gasteiger charge is 2.08. The molecule has 0 aliphatic rings. The van der Waals surface area contributed by atoms with Crippen molar-refractivity contribution in [1.82, 2.24) is 4.90 Å². The number of unbranched alkanes of at least 4 members (excludes halogenated alkanes) is 1. The monoisotopic (exact) mass is 325 g/mol. The average molecular weight is 326 g/mol. The van der Waals surface area contributed by atoms with Crippen LogP contribution in [0.5, 0.6) is 0 Å². The summed E-state index contributed by atoms with van der Waals surface area (Å²) in [4.78, 5) is 2.55. The van der Waals surface area contributed by atoms with Crippen molar-refractivity contribution in [2.24, 2.45) is 0 Å². The van der Waals surface area contributed by atoms with E-state index in [0.717, 1.165) is 18.4 Å². The summed E-state index contributed by atoms with van der Waals surface area (Å²) < 4.78 is 1.40. The average Bonchev–Trinajstić information content (AvgIpc) is 2.80. The predicted molar refractivity (Wildman–Crippen MR) is 85.8 cm³/mol. The van der Waals surface area contributed by atoms with Gasteiger partial charge < -0.3 is 0 Å². The Bertz CT molecular complexity index is 480. The first-order chi connectivity index (χ1) is 8.85. The fourth-order valence-corrected chi connectivity index (χ4v) is 3.62. The first-order valence-electron chi connectivity index (χ1n) is 6.58. The van der Waals surface area contributed by atoms with Crippen molar-refractivity contribution in [2.75, 3.05) is 18.4 Å². The largest absolute Gasteiger partial charge is 0.298 e. The van der Waals surface area contributed by atoms with Gasteiger partial charge in [0.2, 0.25) is 0 Å². The van der Waals surface area contributed by atoms with E-state index in [1.54, 1.807) is 0 Å². The summed E-state index contributed by atoms with van der Waals surface area (Å²) in [5.41, 5.74) is 1.48. The Kier molecular flexibility index (Phi) is 5.67. The van der Waals surface area contributed by atoms with Gasteiger partial charge in [0.15, 0.2) is 0 Å². The van der Waals surface area contributed by atoms with Crippen LogP contribution in [0.1, 0.15) is 25.3 Å². The number of fused-ring (bicyclic) bond motifs is 1. The Morgan fingerprint density at radius 3 is 2.83 bits per heavy atom. The Hall–Kier alpha value is -0.380. The standard InChI is InChI=1S/C15H20BrNS/c1-2-3-9-17(10-8-16)11-13-12-18-15-7-5-4-6-14(13)15/h4-7,12H,2-3,8-11H2,1H3. The predicted octanol–water partition coefficient (Wildman–Crippen LogP) is 4.90. The number of alkyl halides is 1. The molecule has 0 saturated heterocycles. The number of thiophene rings is 1. The summed E-state index contributed by atoms with van der Waals surface area (Å²) in [5.74, 6) is 0. The summed E-state index contributed by atoms with van der Waals surface area (Å²) in [6.07, 6.45) is 2.55. The zero-order valence-electron chi connectivity index (χ0n) is 10.9. The Morgan fingerprint density at radius 1 is 1.22 bits per heavy atom. The molecule has 0 aliphatic heterocycles. The van der Waals surface area contributed by atoms with Crippen molar-refractivity contribution in [1.29, 1.82) is 0 Å². The maximum absolute atomic E-state index is 3.56. The number of halogens is 1. The smallest absolute Gasteiger partial charge is 0.0346 e. The third-order valence-electron chi connectivity index (χ3n) is 3.18. The molecule has 1 nitrogen and oxygen atoms in total. The van der Waals surface area contributed by atoms with Gasteiger partial charge in [-0.05, 0) is 35.4 Å². The molecule has 0 unspecified atom stereocenters. The Labute approximate surface area is 122 Å². The van der Waals surface area contributed by atoms with Gasteiger partial charge >= 0.3 is 0 Å². The first kappa shape index (κ1) is 14.0. The van der Waals surface area contributed by atoms with Crippen LogP contribution >= 0.6 is 27.3 Å². The van der Waals surface area contributed by atoms with Gasteiger partial charge in [0.25, 0.3) is 0 Å². The number of nitrogens with zero attached hydrogens (tertiary/aromatic N) is 1. The van der Waals surface area contributed by atoms with E-state index in [1.165, 1.54) is 35.0 Å². The van der Waals surface area contributed by atoms with E-state index < -0.39 is 0 Å². The molecule has 0 saturated carbocycles. The fraction of sp³-hybridized carbons (Fsp3) is 0.467. The molecule has 98 valence electrons. The SMILES string of the molecule is CCCCN(CCBr)Cc1csc2ccccc12. The molecule has 18 heavy (non-hydrogen) atoms. The van der Waals surface area contributed by atoms with Gasteiger partial charge in [-0.1, -0.05) is 47.5 Å². The molecule has 0 aliphatic carbocycles. The molecule has 1 aromatic carbocycles.